The molecule has 17 heavy (non-hydrogen) atoms. The summed E-state index contributed by atoms with van der Waals surface area (Å²) in [5.41, 5.74) is 0. The minimum Gasteiger partial charge on any atom is -0.373 e. The monoisotopic (exact) mass is 257 g/mol. The molecule has 1 aliphatic carbocycles. The van der Waals surface area contributed by atoms with Crippen LogP contribution in [0, 0.1) is 5.92 Å². The van der Waals surface area contributed by atoms with E-state index in [1.165, 1.54) is 0 Å². The van der Waals surface area contributed by atoms with E-state index in [4.69, 9.17) is 4.74 Å². The minimum atomic E-state index is -4.05. The van der Waals surface area contributed by atoms with Crippen LogP contribution in [-0.4, -0.2) is 38.7 Å². The lowest BCUT2D eigenvalue weighted by Gasteiger charge is -2.24. The van der Waals surface area contributed by atoms with Gasteiger partial charge in [0, 0.05) is 6.04 Å². The van der Waals surface area contributed by atoms with Gasteiger partial charge in [-0.05, 0) is 25.8 Å². The third-order valence-corrected chi connectivity index (χ3v) is 3.25. The molecule has 1 atom stereocenters. The average molecular weight is 257 g/mol. The number of hydrogen-bond acceptors (Lipinski definition) is 2. The van der Waals surface area contributed by atoms with Crippen molar-refractivity contribution in [3.63, 3.8) is 0 Å². The van der Waals surface area contributed by atoms with E-state index in [0.29, 0.717) is 5.92 Å². The highest BCUT2D eigenvalue weighted by Gasteiger charge is 2.41. The van der Waals surface area contributed by atoms with Gasteiger partial charge in [-0.1, -0.05) is 12.8 Å². The Hall–Kier alpha value is -0.360. The molecule has 1 N–H and O–H groups in total. The van der Waals surface area contributed by atoms with Crippen molar-refractivity contribution in [3.05, 3.63) is 0 Å². The lowest BCUT2D eigenvalue weighted by Crippen LogP contribution is -2.39. The molecule has 102 valence electrons. The lowest BCUT2D eigenvalue weighted by molar-refractivity contribution is -0.167. The summed E-state index contributed by atoms with van der Waals surface area (Å²) in [5, 5.41) is 3.00. The first kappa shape index (κ1) is 14.7. The van der Waals surface area contributed by atoms with Gasteiger partial charge in [0.05, 0.1) is 6.61 Å². The second-order valence-corrected chi connectivity index (χ2v) is 4.52. The van der Waals surface area contributed by atoms with Crippen LogP contribution in [0.25, 0.3) is 0 Å². The third-order valence-electron chi connectivity index (χ3n) is 3.25. The van der Waals surface area contributed by atoms with Gasteiger partial charge in [-0.2, -0.15) is 8.78 Å². The van der Waals surface area contributed by atoms with Gasteiger partial charge in [-0.3, -0.25) is 0 Å². The number of halogens is 4. The van der Waals surface area contributed by atoms with Crippen LogP contribution in [0.4, 0.5) is 17.6 Å². The van der Waals surface area contributed by atoms with Crippen molar-refractivity contribution in [1.82, 2.24) is 5.32 Å². The third kappa shape index (κ3) is 4.43. The molecule has 0 aromatic carbocycles. The number of likely N-dealkylation sites (N-methyl/N-ethyl adjacent to an activating group) is 1. The predicted molar refractivity (Wildman–Crippen MR) is 56.6 cm³/mol. The fraction of sp³-hybridized carbons (Fsp3) is 1.00. The molecule has 0 radical (unpaired) electrons. The van der Waals surface area contributed by atoms with Crippen molar-refractivity contribution in [1.29, 1.82) is 0 Å². The van der Waals surface area contributed by atoms with Crippen molar-refractivity contribution >= 4 is 0 Å². The van der Waals surface area contributed by atoms with E-state index in [9.17, 15) is 17.6 Å². The molecular weight excluding hydrogens is 238 g/mol. The molecule has 1 unspecified atom stereocenters. The molecule has 0 amide bonds. The highest BCUT2D eigenvalue weighted by molar-refractivity contribution is 4.80. The molecule has 2 nitrogen and oxygen atoms in total. The zero-order chi connectivity index (χ0) is 12.9. The van der Waals surface area contributed by atoms with Gasteiger partial charge in [-0.25, -0.2) is 8.78 Å². The zero-order valence-corrected chi connectivity index (χ0v) is 9.89. The normalized spacial score (nSPS) is 20.1. The molecule has 1 rings (SSSR count). The first-order valence-corrected chi connectivity index (χ1v) is 5.88. The maximum atomic E-state index is 12.6. The second-order valence-electron chi connectivity index (χ2n) is 4.52. The zero-order valence-electron chi connectivity index (χ0n) is 9.89. The van der Waals surface area contributed by atoms with Crippen LogP contribution < -0.4 is 5.32 Å². The smallest absolute Gasteiger partial charge is 0.330 e. The fourth-order valence-electron chi connectivity index (χ4n) is 2.20. The molecule has 0 bridgehead atoms. The Bertz CT molecular complexity index is 220. The molecule has 1 saturated carbocycles. The number of rotatable bonds is 7. The molecule has 0 spiro atoms. The van der Waals surface area contributed by atoms with Gasteiger partial charge in [0.2, 0.25) is 0 Å². The van der Waals surface area contributed by atoms with Gasteiger partial charge < -0.3 is 10.1 Å². The van der Waals surface area contributed by atoms with Crippen LogP contribution >= 0.6 is 0 Å². The van der Waals surface area contributed by atoms with Crippen molar-refractivity contribution in [3.8, 4) is 0 Å². The van der Waals surface area contributed by atoms with Crippen LogP contribution in [0.5, 0.6) is 0 Å². The summed E-state index contributed by atoms with van der Waals surface area (Å²) in [6, 6.07) is -0.0222. The molecule has 0 saturated heterocycles. The van der Waals surface area contributed by atoms with E-state index >= 15 is 0 Å². The summed E-state index contributed by atoms with van der Waals surface area (Å²) in [5.74, 6) is -3.64. The van der Waals surface area contributed by atoms with E-state index in [0.717, 1.165) is 25.7 Å². The molecule has 1 fully saturated rings. The van der Waals surface area contributed by atoms with Crippen molar-refractivity contribution in [2.24, 2.45) is 5.92 Å². The van der Waals surface area contributed by atoms with Gasteiger partial charge >= 0.3 is 12.3 Å². The predicted octanol–water partition coefficient (Wildman–Crippen LogP) is 2.68. The van der Waals surface area contributed by atoms with Gasteiger partial charge in [0.15, 0.2) is 0 Å². The standard InChI is InChI=1S/C11H19F4NO/c1-16-9(8-4-2-3-5-8)6-17-7-11(14,15)10(12)13/h8-10,16H,2-7H2,1H3. The lowest BCUT2D eigenvalue weighted by atomic mass is 9.99. The Morgan fingerprint density at radius 1 is 1.29 bits per heavy atom. The van der Waals surface area contributed by atoms with Crippen LogP contribution in [-0.2, 0) is 4.74 Å². The number of nitrogens with one attached hydrogen (secondary N) is 1. The fourth-order valence-corrected chi connectivity index (χ4v) is 2.20. The summed E-state index contributed by atoms with van der Waals surface area (Å²) in [6.45, 7) is -1.15. The largest absolute Gasteiger partial charge is 0.373 e. The minimum absolute atomic E-state index is 0.0222. The van der Waals surface area contributed by atoms with Gasteiger partial charge in [0.25, 0.3) is 0 Å². The number of ether oxygens (including phenoxy) is 1. The summed E-state index contributed by atoms with van der Waals surface area (Å²) in [7, 11) is 1.73. The maximum absolute atomic E-state index is 12.6. The SMILES string of the molecule is CNC(COCC(F)(F)C(F)F)C1CCCC1. The summed E-state index contributed by atoms with van der Waals surface area (Å²) in [6.07, 6.45) is 0.689. The quantitative estimate of drug-likeness (QED) is 0.708. The first-order valence-electron chi connectivity index (χ1n) is 5.88. The van der Waals surface area contributed by atoms with Gasteiger partial charge in [-0.15, -0.1) is 0 Å². The Kier molecular flexibility index (Phi) is 5.66. The number of alkyl halides is 4. The molecular formula is C11H19F4NO. The molecule has 0 aromatic rings. The highest BCUT2D eigenvalue weighted by atomic mass is 19.3. The Morgan fingerprint density at radius 3 is 2.35 bits per heavy atom. The van der Waals surface area contributed by atoms with Crippen LogP contribution in [0.3, 0.4) is 0 Å². The van der Waals surface area contributed by atoms with Crippen molar-refractivity contribution < 1.29 is 22.3 Å². The molecule has 0 aliphatic heterocycles. The highest BCUT2D eigenvalue weighted by Crippen LogP contribution is 2.28. The second kappa shape index (κ2) is 6.54. The summed E-state index contributed by atoms with van der Waals surface area (Å²) in [4.78, 5) is 0. The van der Waals surface area contributed by atoms with E-state index in [1.807, 2.05) is 0 Å². The Labute approximate surface area is 98.7 Å². The maximum Gasteiger partial charge on any atom is 0.330 e. The van der Waals surface area contributed by atoms with E-state index in [1.54, 1.807) is 7.05 Å². The topological polar surface area (TPSA) is 21.3 Å². The van der Waals surface area contributed by atoms with E-state index in [-0.39, 0.29) is 12.6 Å². The first-order chi connectivity index (χ1) is 7.97. The van der Waals surface area contributed by atoms with Crippen LogP contribution in [0.15, 0.2) is 0 Å². The van der Waals surface area contributed by atoms with Gasteiger partial charge in [0.1, 0.15) is 6.61 Å². The summed E-state index contributed by atoms with van der Waals surface area (Å²) >= 11 is 0. The van der Waals surface area contributed by atoms with Crippen LogP contribution in [0.1, 0.15) is 25.7 Å². The molecule has 0 aromatic heterocycles. The molecule has 6 heteroatoms. The Morgan fingerprint density at radius 2 is 1.88 bits per heavy atom. The molecule has 0 heterocycles. The van der Waals surface area contributed by atoms with E-state index in [2.05, 4.69) is 5.32 Å². The van der Waals surface area contributed by atoms with Crippen molar-refractivity contribution in [2.75, 3.05) is 20.3 Å². The number of hydrogen-bond donors (Lipinski definition) is 1. The van der Waals surface area contributed by atoms with Crippen molar-refractivity contribution in [2.45, 2.75) is 44.1 Å². The average Bonchev–Trinajstić information content (AvgIpc) is 2.77. The summed E-state index contributed by atoms with van der Waals surface area (Å²) < 4.78 is 53.6. The molecule has 1 aliphatic rings. The van der Waals surface area contributed by atoms with E-state index < -0.39 is 19.0 Å². The van der Waals surface area contributed by atoms with Crippen LogP contribution in [0.2, 0.25) is 0 Å². The Balaban J connectivity index is 2.28.